The van der Waals surface area contributed by atoms with Crippen molar-refractivity contribution in [1.29, 1.82) is 0 Å². The van der Waals surface area contributed by atoms with Crippen LogP contribution in [0.3, 0.4) is 0 Å². The van der Waals surface area contributed by atoms with Crippen LogP contribution in [0.1, 0.15) is 174 Å². The van der Waals surface area contributed by atoms with Crippen LogP contribution in [0.2, 0.25) is 0 Å². The monoisotopic (exact) mass is 496 g/mol. The van der Waals surface area contributed by atoms with Gasteiger partial charge in [-0.05, 0) is 25.7 Å². The first-order chi connectivity index (χ1) is 17.2. The maximum Gasteiger partial charge on any atom is 0.305 e. The molecule has 0 fully saturated rings. The molecule has 0 bridgehead atoms. The Morgan fingerprint density at radius 2 is 0.629 bits per heavy atom. The van der Waals surface area contributed by atoms with Gasteiger partial charge in [0, 0.05) is 12.8 Å². The Hall–Kier alpha value is -1.06. The number of hydrogen-bond donors (Lipinski definition) is 0. The fraction of sp³-hybridized carbons (Fsp3) is 0.935. The van der Waals surface area contributed by atoms with Gasteiger partial charge >= 0.3 is 11.9 Å². The fourth-order valence-corrected chi connectivity index (χ4v) is 4.41. The second-order valence-corrected chi connectivity index (χ2v) is 10.4. The van der Waals surface area contributed by atoms with Gasteiger partial charge in [-0.15, -0.1) is 0 Å². The molecule has 0 N–H and O–H groups in total. The van der Waals surface area contributed by atoms with E-state index in [1.165, 1.54) is 109 Å². The Labute approximate surface area is 218 Å². The van der Waals surface area contributed by atoms with Crippen molar-refractivity contribution in [3.8, 4) is 0 Å². The van der Waals surface area contributed by atoms with Crippen LogP contribution in [0.25, 0.3) is 0 Å². The lowest BCUT2D eigenvalue weighted by atomic mass is 10.0. The van der Waals surface area contributed by atoms with Gasteiger partial charge in [0.15, 0.2) is 0 Å². The Morgan fingerprint density at radius 3 is 0.943 bits per heavy atom. The molecule has 0 amide bonds. The maximum atomic E-state index is 11.7. The number of rotatable bonds is 28. The van der Waals surface area contributed by atoms with E-state index in [0.29, 0.717) is 26.1 Å². The van der Waals surface area contributed by atoms with E-state index in [1.54, 1.807) is 0 Å². The first-order valence-corrected chi connectivity index (χ1v) is 15.5. The van der Waals surface area contributed by atoms with Crippen LogP contribution >= 0.6 is 0 Å². The predicted octanol–water partition coefficient (Wildman–Crippen LogP) is 9.87. The normalized spacial score (nSPS) is 11.0. The lowest BCUT2D eigenvalue weighted by molar-refractivity contribution is -0.144. The van der Waals surface area contributed by atoms with Crippen molar-refractivity contribution in [3.63, 3.8) is 0 Å². The summed E-state index contributed by atoms with van der Waals surface area (Å²) in [4.78, 5) is 23.5. The average Bonchev–Trinajstić information content (AvgIpc) is 2.85. The molecule has 0 atom stereocenters. The van der Waals surface area contributed by atoms with E-state index in [1.807, 2.05) is 0 Å². The molecule has 35 heavy (non-hydrogen) atoms. The molecule has 0 spiro atoms. The predicted molar refractivity (Wildman–Crippen MR) is 149 cm³/mol. The van der Waals surface area contributed by atoms with Crippen LogP contribution in [0, 0.1) is 0 Å². The van der Waals surface area contributed by atoms with Gasteiger partial charge in [0.05, 0.1) is 13.2 Å². The fourth-order valence-electron chi connectivity index (χ4n) is 4.41. The van der Waals surface area contributed by atoms with Crippen molar-refractivity contribution >= 4 is 11.9 Å². The molecule has 0 aliphatic heterocycles. The molecule has 0 rings (SSSR count). The number of ether oxygens (including phenoxy) is 2. The molecule has 0 aromatic carbocycles. The SMILES string of the molecule is CCCCCCCCOC(=O)CCCCCCCCCCCCCC(=O)OCCCCCCCC. The molecule has 4 heteroatoms. The highest BCUT2D eigenvalue weighted by molar-refractivity contribution is 5.69. The van der Waals surface area contributed by atoms with Crippen LogP contribution in [0.4, 0.5) is 0 Å². The summed E-state index contributed by atoms with van der Waals surface area (Å²) in [7, 11) is 0. The van der Waals surface area contributed by atoms with Gasteiger partial charge in [0.1, 0.15) is 0 Å². The van der Waals surface area contributed by atoms with Crippen molar-refractivity contribution in [2.45, 2.75) is 174 Å². The van der Waals surface area contributed by atoms with Gasteiger partial charge < -0.3 is 9.47 Å². The number of unbranched alkanes of at least 4 members (excludes halogenated alkanes) is 20. The highest BCUT2D eigenvalue weighted by Gasteiger charge is 2.04. The van der Waals surface area contributed by atoms with E-state index < -0.39 is 0 Å². The molecule has 208 valence electrons. The lowest BCUT2D eigenvalue weighted by Crippen LogP contribution is -2.05. The summed E-state index contributed by atoms with van der Waals surface area (Å²) in [5.41, 5.74) is 0. The van der Waals surface area contributed by atoms with Crippen LogP contribution < -0.4 is 0 Å². The highest BCUT2D eigenvalue weighted by Crippen LogP contribution is 2.13. The summed E-state index contributed by atoms with van der Waals surface area (Å²) >= 11 is 0. The Bertz CT molecular complexity index is 409. The Balaban J connectivity index is 3.21. The van der Waals surface area contributed by atoms with Crippen LogP contribution in [-0.4, -0.2) is 25.2 Å². The topological polar surface area (TPSA) is 52.6 Å². The summed E-state index contributed by atoms with van der Waals surface area (Å²) in [6.45, 7) is 5.67. The minimum Gasteiger partial charge on any atom is -0.466 e. The molecule has 0 saturated heterocycles. The van der Waals surface area contributed by atoms with Crippen molar-refractivity contribution < 1.29 is 19.1 Å². The van der Waals surface area contributed by atoms with Gasteiger partial charge in [-0.3, -0.25) is 9.59 Å². The van der Waals surface area contributed by atoms with Crippen molar-refractivity contribution in [1.82, 2.24) is 0 Å². The second kappa shape index (κ2) is 29.2. The largest absolute Gasteiger partial charge is 0.466 e. The van der Waals surface area contributed by atoms with E-state index in [2.05, 4.69) is 13.8 Å². The zero-order chi connectivity index (χ0) is 25.7. The third-order valence-electron chi connectivity index (χ3n) is 6.78. The van der Waals surface area contributed by atoms with Gasteiger partial charge in [-0.1, -0.05) is 136 Å². The molecule has 0 saturated carbocycles. The first-order valence-electron chi connectivity index (χ1n) is 15.5. The summed E-state index contributed by atoms with van der Waals surface area (Å²) in [5.74, 6) is -0.0192. The molecule has 0 heterocycles. The molecule has 0 radical (unpaired) electrons. The van der Waals surface area contributed by atoms with E-state index in [9.17, 15) is 9.59 Å². The Kier molecular flexibility index (Phi) is 28.3. The van der Waals surface area contributed by atoms with Gasteiger partial charge in [-0.25, -0.2) is 0 Å². The standard InChI is InChI=1S/C31H60O4/c1-3-5-7-9-20-24-28-34-30(32)26-22-18-16-14-12-11-13-15-17-19-23-27-31(33)35-29-25-21-10-8-6-4-2/h3-29H2,1-2H3. The van der Waals surface area contributed by atoms with Crippen LogP contribution in [0.15, 0.2) is 0 Å². The van der Waals surface area contributed by atoms with E-state index in [4.69, 9.17) is 9.47 Å². The quantitative estimate of drug-likeness (QED) is 0.0798. The molecule has 4 nitrogen and oxygen atoms in total. The number of esters is 2. The van der Waals surface area contributed by atoms with E-state index in [0.717, 1.165) is 38.5 Å². The molecule has 0 aromatic heterocycles. The van der Waals surface area contributed by atoms with Crippen LogP contribution in [0.5, 0.6) is 0 Å². The Morgan fingerprint density at radius 1 is 0.371 bits per heavy atom. The van der Waals surface area contributed by atoms with E-state index >= 15 is 0 Å². The summed E-state index contributed by atoms with van der Waals surface area (Å²) in [6.07, 6.45) is 29.0. The van der Waals surface area contributed by atoms with E-state index in [-0.39, 0.29) is 11.9 Å². The molecular formula is C31H60O4. The summed E-state index contributed by atoms with van der Waals surface area (Å²) in [6, 6.07) is 0. The number of carbonyl (C=O) groups excluding carboxylic acids is 2. The van der Waals surface area contributed by atoms with Gasteiger partial charge in [0.25, 0.3) is 0 Å². The first kappa shape index (κ1) is 33.9. The lowest BCUT2D eigenvalue weighted by Gasteiger charge is -2.06. The maximum absolute atomic E-state index is 11.7. The number of hydrogen-bond acceptors (Lipinski definition) is 4. The molecule has 0 unspecified atom stereocenters. The smallest absolute Gasteiger partial charge is 0.305 e. The minimum absolute atomic E-state index is 0.00961. The van der Waals surface area contributed by atoms with Crippen molar-refractivity contribution in [2.24, 2.45) is 0 Å². The average molecular weight is 497 g/mol. The van der Waals surface area contributed by atoms with Crippen LogP contribution in [-0.2, 0) is 19.1 Å². The zero-order valence-electron chi connectivity index (χ0n) is 23.7. The third-order valence-corrected chi connectivity index (χ3v) is 6.78. The van der Waals surface area contributed by atoms with Crippen molar-refractivity contribution in [3.05, 3.63) is 0 Å². The van der Waals surface area contributed by atoms with Gasteiger partial charge in [0.2, 0.25) is 0 Å². The number of carbonyl (C=O) groups is 2. The highest BCUT2D eigenvalue weighted by atomic mass is 16.5. The molecule has 0 aromatic rings. The molecular weight excluding hydrogens is 436 g/mol. The minimum atomic E-state index is -0.00961. The second-order valence-electron chi connectivity index (χ2n) is 10.4. The van der Waals surface area contributed by atoms with Crippen molar-refractivity contribution in [2.75, 3.05) is 13.2 Å². The summed E-state index contributed by atoms with van der Waals surface area (Å²) < 4.78 is 10.7. The van der Waals surface area contributed by atoms with Gasteiger partial charge in [-0.2, -0.15) is 0 Å². The zero-order valence-corrected chi connectivity index (χ0v) is 23.7. The molecule has 0 aliphatic carbocycles. The molecule has 0 aliphatic rings. The summed E-state index contributed by atoms with van der Waals surface area (Å²) in [5, 5.41) is 0. The third kappa shape index (κ3) is 29.1.